The monoisotopic (exact) mass is 254 g/mol. The van der Waals surface area contributed by atoms with Crippen molar-refractivity contribution in [3.05, 3.63) is 17.5 Å². The Bertz CT molecular complexity index is 441. The quantitative estimate of drug-likeness (QED) is 0.810. The zero-order valence-electron chi connectivity index (χ0n) is 10.6. The number of carbonyl (C=O) groups excluding carboxylic acids is 1. The molecule has 0 aliphatic carbocycles. The van der Waals surface area contributed by atoms with Gasteiger partial charge in [-0.3, -0.25) is 9.48 Å². The molecule has 94 valence electrons. The molecule has 0 radical (unpaired) electrons. The lowest BCUT2D eigenvalue weighted by Crippen LogP contribution is -2.37. The summed E-state index contributed by atoms with van der Waals surface area (Å²) >= 11 is 4.85. The lowest BCUT2D eigenvalue weighted by Gasteiger charge is -2.24. The van der Waals surface area contributed by atoms with Gasteiger partial charge in [0.05, 0.1) is 16.7 Å². The number of hydrogen-bond acceptors (Lipinski definition) is 3. The van der Waals surface area contributed by atoms with E-state index in [0.717, 1.165) is 5.69 Å². The topological polar surface area (TPSA) is 64.2 Å². The summed E-state index contributed by atoms with van der Waals surface area (Å²) < 4.78 is 1.68. The van der Waals surface area contributed by atoms with Gasteiger partial charge < -0.3 is 10.6 Å². The number of aryl methyl sites for hydroxylation is 1. The third kappa shape index (κ3) is 3.03. The van der Waals surface area contributed by atoms with Crippen LogP contribution in [0.1, 0.15) is 29.4 Å². The summed E-state index contributed by atoms with van der Waals surface area (Å²) in [6, 6.07) is -0.0143. The molecule has 0 saturated heterocycles. The van der Waals surface area contributed by atoms with Gasteiger partial charge >= 0.3 is 0 Å². The minimum absolute atomic E-state index is 0.0143. The Morgan fingerprint density at radius 2 is 2.29 bits per heavy atom. The minimum Gasteiger partial charge on any atom is -0.393 e. The fraction of sp³-hybridized carbons (Fsp3) is 0.545. The second kappa shape index (κ2) is 5.27. The molecule has 1 unspecified atom stereocenters. The maximum atomic E-state index is 12.2. The van der Waals surface area contributed by atoms with Crippen molar-refractivity contribution in [2.75, 3.05) is 7.05 Å². The number of carbonyl (C=O) groups is 1. The minimum atomic E-state index is -0.0562. The van der Waals surface area contributed by atoms with Crippen LogP contribution in [0.25, 0.3) is 0 Å². The fourth-order valence-corrected chi connectivity index (χ4v) is 1.77. The molecule has 0 spiro atoms. The van der Waals surface area contributed by atoms with Crippen molar-refractivity contribution in [1.82, 2.24) is 14.7 Å². The fourth-order valence-electron chi connectivity index (χ4n) is 1.53. The molecule has 1 aromatic rings. The normalized spacial score (nSPS) is 12.2. The van der Waals surface area contributed by atoms with Crippen LogP contribution < -0.4 is 5.73 Å². The van der Waals surface area contributed by atoms with Crippen LogP contribution in [0.5, 0.6) is 0 Å². The number of thiocarbonyl (C=S) groups is 1. The van der Waals surface area contributed by atoms with E-state index < -0.39 is 0 Å². The van der Waals surface area contributed by atoms with Crippen molar-refractivity contribution >= 4 is 23.1 Å². The molecule has 1 amide bonds. The van der Waals surface area contributed by atoms with Gasteiger partial charge in [0.2, 0.25) is 0 Å². The molecular formula is C11H18N4OS. The van der Waals surface area contributed by atoms with Crippen LogP contribution in [0.2, 0.25) is 0 Å². The predicted molar refractivity (Wildman–Crippen MR) is 70.9 cm³/mol. The van der Waals surface area contributed by atoms with E-state index in [1.807, 2.05) is 20.9 Å². The molecule has 1 atom stereocenters. The summed E-state index contributed by atoms with van der Waals surface area (Å²) in [6.45, 7) is 3.79. The first-order valence-electron chi connectivity index (χ1n) is 5.38. The summed E-state index contributed by atoms with van der Waals surface area (Å²) in [4.78, 5) is 14.2. The molecule has 2 N–H and O–H groups in total. The van der Waals surface area contributed by atoms with Gasteiger partial charge in [-0.1, -0.05) is 12.2 Å². The Labute approximate surface area is 107 Å². The molecule has 1 rings (SSSR count). The number of nitrogens with zero attached hydrogens (tertiary/aromatic N) is 3. The van der Waals surface area contributed by atoms with Gasteiger partial charge in [-0.2, -0.15) is 5.10 Å². The van der Waals surface area contributed by atoms with Gasteiger partial charge in [0.15, 0.2) is 0 Å². The molecule has 6 heteroatoms. The van der Waals surface area contributed by atoms with Crippen LogP contribution in [0.15, 0.2) is 6.20 Å². The third-order valence-electron chi connectivity index (χ3n) is 2.94. The number of amides is 1. The number of rotatable bonds is 4. The highest BCUT2D eigenvalue weighted by molar-refractivity contribution is 7.80. The van der Waals surface area contributed by atoms with Crippen molar-refractivity contribution in [2.24, 2.45) is 12.8 Å². The molecule has 0 bridgehead atoms. The lowest BCUT2D eigenvalue weighted by atomic mass is 10.1. The SMILES string of the molecule is Cc1c(C(=O)N(C)C(C)CC(N)=S)cnn1C. The molecule has 0 aromatic carbocycles. The molecule has 0 saturated carbocycles. The maximum Gasteiger partial charge on any atom is 0.257 e. The second-order valence-corrected chi connectivity index (χ2v) is 4.73. The highest BCUT2D eigenvalue weighted by atomic mass is 32.1. The molecular weight excluding hydrogens is 236 g/mol. The second-order valence-electron chi connectivity index (χ2n) is 4.20. The molecule has 1 aromatic heterocycles. The van der Waals surface area contributed by atoms with E-state index in [1.165, 1.54) is 0 Å². The van der Waals surface area contributed by atoms with Gasteiger partial charge in [-0.15, -0.1) is 0 Å². The molecule has 1 heterocycles. The molecule has 0 aliphatic rings. The van der Waals surface area contributed by atoms with E-state index in [0.29, 0.717) is 17.0 Å². The highest BCUT2D eigenvalue weighted by Crippen LogP contribution is 2.12. The summed E-state index contributed by atoms with van der Waals surface area (Å²) in [5.74, 6) is -0.0562. The third-order valence-corrected chi connectivity index (χ3v) is 3.11. The lowest BCUT2D eigenvalue weighted by molar-refractivity contribution is 0.0747. The molecule has 5 nitrogen and oxygen atoms in total. The van der Waals surface area contributed by atoms with E-state index >= 15 is 0 Å². The largest absolute Gasteiger partial charge is 0.393 e. The van der Waals surface area contributed by atoms with E-state index in [9.17, 15) is 4.79 Å². The summed E-state index contributed by atoms with van der Waals surface area (Å²) in [5, 5.41) is 4.06. The van der Waals surface area contributed by atoms with Crippen LogP contribution in [0, 0.1) is 6.92 Å². The highest BCUT2D eigenvalue weighted by Gasteiger charge is 2.21. The average molecular weight is 254 g/mol. The van der Waals surface area contributed by atoms with Gasteiger partial charge in [-0.25, -0.2) is 0 Å². The van der Waals surface area contributed by atoms with Crippen LogP contribution in [0.4, 0.5) is 0 Å². The first-order chi connectivity index (χ1) is 7.84. The average Bonchev–Trinajstić information content (AvgIpc) is 2.57. The standard InChI is InChI=1S/C11H18N4OS/c1-7(5-10(12)17)14(3)11(16)9-6-13-15(4)8(9)2/h6-7H,5H2,1-4H3,(H2,12,17). The first kappa shape index (κ1) is 13.6. The Morgan fingerprint density at radius 3 is 2.71 bits per heavy atom. The van der Waals surface area contributed by atoms with Gasteiger partial charge in [-0.05, 0) is 13.8 Å². The maximum absolute atomic E-state index is 12.2. The smallest absolute Gasteiger partial charge is 0.257 e. The predicted octanol–water partition coefficient (Wildman–Crippen LogP) is 0.865. The van der Waals surface area contributed by atoms with Crippen molar-refractivity contribution in [3.63, 3.8) is 0 Å². The number of hydrogen-bond donors (Lipinski definition) is 1. The zero-order valence-corrected chi connectivity index (χ0v) is 11.4. The Hall–Kier alpha value is -1.43. The van der Waals surface area contributed by atoms with E-state index in [2.05, 4.69) is 5.10 Å². The molecule has 17 heavy (non-hydrogen) atoms. The summed E-state index contributed by atoms with van der Waals surface area (Å²) in [6.07, 6.45) is 2.11. The summed E-state index contributed by atoms with van der Waals surface area (Å²) in [7, 11) is 3.56. The zero-order chi connectivity index (χ0) is 13.2. The van der Waals surface area contributed by atoms with Crippen molar-refractivity contribution in [2.45, 2.75) is 26.3 Å². The Morgan fingerprint density at radius 1 is 1.71 bits per heavy atom. The van der Waals surface area contributed by atoms with Gasteiger partial charge in [0.1, 0.15) is 0 Å². The van der Waals surface area contributed by atoms with Crippen molar-refractivity contribution in [1.29, 1.82) is 0 Å². The van der Waals surface area contributed by atoms with Crippen LogP contribution in [-0.4, -0.2) is 38.7 Å². The van der Waals surface area contributed by atoms with Gasteiger partial charge in [0, 0.05) is 32.3 Å². The van der Waals surface area contributed by atoms with E-state index in [1.54, 1.807) is 22.8 Å². The van der Waals surface area contributed by atoms with Crippen molar-refractivity contribution in [3.8, 4) is 0 Å². The number of nitrogens with two attached hydrogens (primary N) is 1. The molecule has 0 fully saturated rings. The van der Waals surface area contributed by atoms with E-state index in [-0.39, 0.29) is 11.9 Å². The van der Waals surface area contributed by atoms with Crippen molar-refractivity contribution < 1.29 is 4.79 Å². The molecule has 0 aliphatic heterocycles. The Balaban J connectivity index is 2.83. The number of aromatic nitrogens is 2. The summed E-state index contributed by atoms with van der Waals surface area (Å²) in [5.41, 5.74) is 6.95. The first-order valence-corrected chi connectivity index (χ1v) is 5.79. The van der Waals surface area contributed by atoms with E-state index in [4.69, 9.17) is 18.0 Å². The van der Waals surface area contributed by atoms with Crippen LogP contribution in [0.3, 0.4) is 0 Å². The van der Waals surface area contributed by atoms with Gasteiger partial charge in [0.25, 0.3) is 5.91 Å². The Kier molecular flexibility index (Phi) is 4.22. The van der Waals surface area contributed by atoms with Crippen LogP contribution in [-0.2, 0) is 7.05 Å². The van der Waals surface area contributed by atoms with Crippen LogP contribution >= 0.6 is 12.2 Å².